The molecule has 0 unspecified atom stereocenters. The van der Waals surface area contributed by atoms with Crippen LogP contribution in [0.1, 0.15) is 16.1 Å². The number of furan rings is 1. The van der Waals surface area contributed by atoms with Crippen molar-refractivity contribution in [3.05, 3.63) is 35.3 Å². The first-order valence-electron chi connectivity index (χ1n) is 4.99. The molecule has 0 aliphatic rings. The van der Waals surface area contributed by atoms with Crippen LogP contribution in [0, 0.1) is 12.7 Å². The molecular weight excluding hydrogens is 261 g/mol. The summed E-state index contributed by atoms with van der Waals surface area (Å²) in [6, 6.07) is 3.81. The van der Waals surface area contributed by atoms with Crippen LogP contribution in [0.5, 0.6) is 0 Å². The molecule has 0 saturated carbocycles. The van der Waals surface area contributed by atoms with E-state index in [1.807, 2.05) is 0 Å². The molecule has 1 heterocycles. The molecule has 0 saturated heterocycles. The molecule has 1 aromatic heterocycles. The van der Waals surface area contributed by atoms with Crippen LogP contribution in [0.2, 0.25) is 0 Å². The van der Waals surface area contributed by atoms with Gasteiger partial charge in [-0.25, -0.2) is 17.5 Å². The first kappa shape index (κ1) is 12.6. The third kappa shape index (κ3) is 2.35. The van der Waals surface area contributed by atoms with Gasteiger partial charge < -0.3 is 4.42 Å². The molecule has 0 aliphatic carbocycles. The number of hydrogen-bond acceptors (Lipinski definition) is 4. The lowest BCUT2D eigenvalue weighted by atomic mass is 10.1. The molecular formula is C11H10FNO4S. The van der Waals surface area contributed by atoms with Crippen LogP contribution in [0.3, 0.4) is 0 Å². The van der Waals surface area contributed by atoms with E-state index >= 15 is 0 Å². The maximum Gasteiger partial charge on any atom is 0.300 e. The number of halogens is 1. The first-order valence-corrected chi connectivity index (χ1v) is 6.88. The largest absolute Gasteiger partial charge is 0.451 e. The van der Waals surface area contributed by atoms with Crippen molar-refractivity contribution in [3.63, 3.8) is 0 Å². The number of hydrogen-bond donors (Lipinski definition) is 1. The van der Waals surface area contributed by atoms with Crippen LogP contribution in [0.25, 0.3) is 11.0 Å². The fourth-order valence-corrected chi connectivity index (χ4v) is 2.05. The van der Waals surface area contributed by atoms with Crippen molar-refractivity contribution in [1.29, 1.82) is 0 Å². The summed E-state index contributed by atoms with van der Waals surface area (Å²) in [6.07, 6.45) is 0.864. The van der Waals surface area contributed by atoms with Gasteiger partial charge in [-0.2, -0.15) is 0 Å². The second-order valence-electron chi connectivity index (χ2n) is 3.90. The summed E-state index contributed by atoms with van der Waals surface area (Å²) >= 11 is 0. The van der Waals surface area contributed by atoms with E-state index in [9.17, 15) is 17.6 Å². The Morgan fingerprint density at radius 3 is 2.67 bits per heavy atom. The molecule has 0 aliphatic heterocycles. The molecule has 7 heteroatoms. The number of aryl methyl sites for hydroxylation is 1. The molecule has 2 aromatic rings. The van der Waals surface area contributed by atoms with Gasteiger partial charge in [-0.05, 0) is 25.1 Å². The molecule has 1 N–H and O–H groups in total. The van der Waals surface area contributed by atoms with Gasteiger partial charge in [0, 0.05) is 10.9 Å². The highest BCUT2D eigenvalue weighted by Crippen LogP contribution is 2.25. The Morgan fingerprint density at radius 1 is 1.39 bits per heavy atom. The van der Waals surface area contributed by atoms with Crippen LogP contribution in [0.15, 0.2) is 22.6 Å². The van der Waals surface area contributed by atoms with Gasteiger partial charge in [0.2, 0.25) is 10.0 Å². The highest BCUT2D eigenvalue weighted by Gasteiger charge is 2.20. The fraction of sp³-hybridized carbons (Fsp3) is 0.182. The van der Waals surface area contributed by atoms with E-state index < -0.39 is 21.7 Å². The van der Waals surface area contributed by atoms with Crippen molar-refractivity contribution in [2.75, 3.05) is 6.26 Å². The standard InChI is InChI=1S/C11H10FNO4S/c1-6-8-5-7(12)3-4-9(8)17-10(6)11(14)13-18(2,15)16/h3-5H,1-2H3,(H,13,14). The number of fused-ring (bicyclic) bond motifs is 1. The minimum atomic E-state index is -3.67. The summed E-state index contributed by atoms with van der Waals surface area (Å²) in [5.41, 5.74) is 0.721. The summed E-state index contributed by atoms with van der Waals surface area (Å²) in [5, 5.41) is 0.439. The third-order valence-corrected chi connectivity index (χ3v) is 2.94. The van der Waals surface area contributed by atoms with E-state index in [0.717, 1.165) is 6.26 Å². The molecule has 0 fully saturated rings. The summed E-state index contributed by atoms with van der Waals surface area (Å²) in [5.74, 6) is -1.46. The minimum Gasteiger partial charge on any atom is -0.451 e. The molecule has 2 rings (SSSR count). The van der Waals surface area contributed by atoms with E-state index in [1.165, 1.54) is 18.2 Å². The average molecular weight is 271 g/mol. The van der Waals surface area contributed by atoms with Crippen LogP contribution in [0.4, 0.5) is 4.39 Å². The summed E-state index contributed by atoms with van der Waals surface area (Å²) < 4.78 is 42.0. The number of sulfonamides is 1. The lowest BCUT2D eigenvalue weighted by molar-refractivity contribution is 0.0956. The van der Waals surface area contributed by atoms with Crippen molar-refractivity contribution >= 4 is 26.9 Å². The van der Waals surface area contributed by atoms with Crippen LogP contribution < -0.4 is 4.72 Å². The molecule has 0 spiro atoms. The van der Waals surface area contributed by atoms with Gasteiger partial charge >= 0.3 is 5.91 Å². The number of benzene rings is 1. The molecule has 18 heavy (non-hydrogen) atoms. The fourth-order valence-electron chi connectivity index (χ4n) is 1.62. The second kappa shape index (κ2) is 4.09. The van der Waals surface area contributed by atoms with Gasteiger partial charge in [-0.15, -0.1) is 0 Å². The topological polar surface area (TPSA) is 76.4 Å². The zero-order valence-corrected chi connectivity index (χ0v) is 10.5. The predicted octanol–water partition coefficient (Wildman–Crippen LogP) is 1.57. The predicted molar refractivity (Wildman–Crippen MR) is 63.2 cm³/mol. The first-order chi connectivity index (χ1) is 8.28. The highest BCUT2D eigenvalue weighted by atomic mass is 32.2. The maximum atomic E-state index is 13.1. The van der Waals surface area contributed by atoms with Gasteiger partial charge in [-0.3, -0.25) is 4.79 Å². The van der Waals surface area contributed by atoms with Crippen molar-refractivity contribution in [1.82, 2.24) is 4.72 Å². The summed E-state index contributed by atoms with van der Waals surface area (Å²) in [7, 11) is -3.67. The summed E-state index contributed by atoms with van der Waals surface area (Å²) in [6.45, 7) is 1.56. The Balaban J connectivity index is 2.52. The Hall–Kier alpha value is -1.89. The van der Waals surface area contributed by atoms with Crippen molar-refractivity contribution in [2.45, 2.75) is 6.92 Å². The normalized spacial score (nSPS) is 11.7. The molecule has 1 aromatic carbocycles. The van der Waals surface area contributed by atoms with Gasteiger partial charge in [0.05, 0.1) is 6.26 Å². The van der Waals surface area contributed by atoms with Crippen molar-refractivity contribution in [2.24, 2.45) is 0 Å². The SMILES string of the molecule is Cc1c(C(=O)NS(C)(=O)=O)oc2ccc(F)cc12. The second-order valence-corrected chi connectivity index (χ2v) is 5.65. The Labute approximate surface area is 103 Å². The zero-order chi connectivity index (χ0) is 13.5. The summed E-state index contributed by atoms with van der Waals surface area (Å²) in [4.78, 5) is 11.7. The molecule has 96 valence electrons. The molecule has 5 nitrogen and oxygen atoms in total. The monoisotopic (exact) mass is 271 g/mol. The molecule has 0 radical (unpaired) electrons. The lowest BCUT2D eigenvalue weighted by Crippen LogP contribution is -2.29. The smallest absolute Gasteiger partial charge is 0.300 e. The quantitative estimate of drug-likeness (QED) is 0.899. The molecule has 0 atom stereocenters. The maximum absolute atomic E-state index is 13.1. The number of nitrogens with one attached hydrogen (secondary N) is 1. The third-order valence-electron chi connectivity index (χ3n) is 2.38. The Bertz CT molecular complexity index is 733. The van der Waals surface area contributed by atoms with Crippen molar-refractivity contribution in [3.8, 4) is 0 Å². The van der Waals surface area contributed by atoms with E-state index in [4.69, 9.17) is 4.42 Å². The number of amides is 1. The van der Waals surface area contributed by atoms with Gasteiger partial charge in [0.25, 0.3) is 0 Å². The van der Waals surface area contributed by atoms with Crippen LogP contribution in [-0.4, -0.2) is 20.6 Å². The van der Waals surface area contributed by atoms with Crippen LogP contribution in [-0.2, 0) is 10.0 Å². The number of carbonyl (C=O) groups is 1. The van der Waals surface area contributed by atoms with Gasteiger partial charge in [0.15, 0.2) is 5.76 Å². The van der Waals surface area contributed by atoms with E-state index in [0.29, 0.717) is 16.5 Å². The van der Waals surface area contributed by atoms with Crippen molar-refractivity contribution < 1.29 is 22.0 Å². The number of carbonyl (C=O) groups excluding carboxylic acids is 1. The average Bonchev–Trinajstić information content (AvgIpc) is 2.54. The Kier molecular flexibility index (Phi) is 2.86. The van der Waals surface area contributed by atoms with Gasteiger partial charge in [-0.1, -0.05) is 0 Å². The number of rotatable bonds is 2. The van der Waals surface area contributed by atoms with E-state index in [-0.39, 0.29) is 5.76 Å². The van der Waals surface area contributed by atoms with E-state index in [2.05, 4.69) is 0 Å². The van der Waals surface area contributed by atoms with Crippen LogP contribution >= 0.6 is 0 Å². The minimum absolute atomic E-state index is 0.138. The highest BCUT2D eigenvalue weighted by molar-refractivity contribution is 7.89. The Morgan fingerprint density at radius 2 is 2.06 bits per heavy atom. The van der Waals surface area contributed by atoms with Gasteiger partial charge in [0.1, 0.15) is 11.4 Å². The zero-order valence-electron chi connectivity index (χ0n) is 9.65. The lowest BCUT2D eigenvalue weighted by Gasteiger charge is -1.99. The molecule has 0 bridgehead atoms. The molecule has 1 amide bonds. The van der Waals surface area contributed by atoms with E-state index in [1.54, 1.807) is 11.6 Å².